The Balaban J connectivity index is 2.64. The van der Waals surface area contributed by atoms with Crippen molar-refractivity contribution >= 4 is 23.3 Å². The first kappa shape index (κ1) is 12.2. The summed E-state index contributed by atoms with van der Waals surface area (Å²) in [5.41, 5.74) is 0. The van der Waals surface area contributed by atoms with E-state index in [2.05, 4.69) is 80.3 Å². The van der Waals surface area contributed by atoms with E-state index in [1.165, 1.54) is 16.8 Å². The first-order valence-electron chi connectivity index (χ1n) is 6.13. The smallest absolute Gasteiger partial charge is 0.0205 e. The minimum absolute atomic E-state index is 1.19. The summed E-state index contributed by atoms with van der Waals surface area (Å²) in [5, 5.41) is 2.97. The van der Waals surface area contributed by atoms with Crippen molar-refractivity contribution < 1.29 is 0 Å². The molecule has 0 N–H and O–H groups in total. The highest BCUT2D eigenvalue weighted by atomic mass is 31.2. The molecule has 0 spiro atoms. The normalized spacial score (nSPS) is 11.2. The molecule has 0 bridgehead atoms. The molecule has 88 valence electrons. The van der Waals surface area contributed by atoms with Crippen LogP contribution in [-0.4, -0.2) is 12.0 Å². The van der Waals surface area contributed by atoms with Crippen LogP contribution < -0.4 is 10.6 Å². The van der Waals surface area contributed by atoms with Crippen LogP contribution in [0.5, 0.6) is 0 Å². The van der Waals surface area contributed by atoms with Crippen molar-refractivity contribution in [1.29, 1.82) is 0 Å². The Morgan fingerprint density at radius 1 is 0.824 bits per heavy atom. The van der Waals surface area contributed by atoms with E-state index in [-0.39, 0.29) is 0 Å². The fourth-order valence-corrected chi connectivity index (χ4v) is 5.78. The number of hydrogen-bond acceptors (Lipinski definition) is 0. The lowest BCUT2D eigenvalue weighted by atomic mass is 10.4. The standard InChI is InChI=1S/C16H19P/c1-3-17(4-2,15-11-7-5-8-12-15)16-13-9-6-10-14-16/h3,5-14H,4H2,1-2H3. The maximum Gasteiger partial charge on any atom is -0.0205 e. The van der Waals surface area contributed by atoms with Gasteiger partial charge in [-0.15, -0.1) is 0 Å². The summed E-state index contributed by atoms with van der Waals surface area (Å²) in [7, 11) is 0. The average Bonchev–Trinajstić information content (AvgIpc) is 2.43. The summed E-state index contributed by atoms with van der Waals surface area (Å²) in [6.45, 7) is 3.22. The van der Waals surface area contributed by atoms with E-state index in [9.17, 15) is 0 Å². The average molecular weight is 242 g/mol. The monoisotopic (exact) mass is 242 g/mol. The number of hydrogen-bond donors (Lipinski definition) is 0. The van der Waals surface area contributed by atoms with E-state index in [0.29, 0.717) is 0 Å². The van der Waals surface area contributed by atoms with Crippen LogP contribution in [0, 0.1) is 0 Å². The van der Waals surface area contributed by atoms with E-state index >= 15 is 0 Å². The molecule has 0 atom stereocenters. The molecule has 0 unspecified atom stereocenters. The van der Waals surface area contributed by atoms with E-state index in [4.69, 9.17) is 0 Å². The molecule has 0 aliphatic rings. The van der Waals surface area contributed by atoms with Gasteiger partial charge in [0.2, 0.25) is 0 Å². The minimum Gasteiger partial charge on any atom is -0.0813 e. The molecular formula is C16H19P. The van der Waals surface area contributed by atoms with Crippen molar-refractivity contribution in [2.24, 2.45) is 0 Å². The molecule has 2 aromatic carbocycles. The van der Waals surface area contributed by atoms with Crippen molar-refractivity contribution in [3.63, 3.8) is 0 Å². The molecule has 17 heavy (non-hydrogen) atoms. The first-order chi connectivity index (χ1) is 8.33. The van der Waals surface area contributed by atoms with E-state index in [0.717, 1.165) is 0 Å². The molecule has 1 heteroatoms. The fourth-order valence-electron chi connectivity index (χ4n) is 2.38. The van der Waals surface area contributed by atoms with Gasteiger partial charge in [-0.1, -0.05) is 80.3 Å². The molecule has 0 radical (unpaired) electrons. The molecule has 2 aromatic rings. The minimum atomic E-state index is -1.29. The highest BCUT2D eigenvalue weighted by Gasteiger charge is 2.18. The summed E-state index contributed by atoms with van der Waals surface area (Å²) < 4.78 is 0. The van der Waals surface area contributed by atoms with Gasteiger partial charge in [0.15, 0.2) is 0 Å². The van der Waals surface area contributed by atoms with Gasteiger partial charge in [0.25, 0.3) is 0 Å². The van der Waals surface area contributed by atoms with Crippen LogP contribution in [0.2, 0.25) is 0 Å². The van der Waals surface area contributed by atoms with E-state index in [1.807, 2.05) is 0 Å². The first-order valence-corrected chi connectivity index (χ1v) is 8.17. The molecule has 0 fully saturated rings. The van der Waals surface area contributed by atoms with Crippen LogP contribution >= 0.6 is 6.89 Å². The maximum atomic E-state index is 2.43. The Labute approximate surface area is 104 Å². The Morgan fingerprint density at radius 3 is 1.53 bits per heavy atom. The second kappa shape index (κ2) is 5.38. The third-order valence-corrected chi connectivity index (χ3v) is 7.69. The SMILES string of the molecule is CC=P(CC)(c1ccccc1)c1ccccc1. The highest BCUT2D eigenvalue weighted by molar-refractivity contribution is 7.88. The molecule has 2 rings (SSSR count). The quantitative estimate of drug-likeness (QED) is 0.723. The fraction of sp³-hybridized carbons (Fsp3) is 0.188. The van der Waals surface area contributed by atoms with Crippen molar-refractivity contribution in [2.75, 3.05) is 6.16 Å². The third kappa shape index (κ3) is 2.23. The van der Waals surface area contributed by atoms with Crippen molar-refractivity contribution in [1.82, 2.24) is 0 Å². The van der Waals surface area contributed by atoms with Gasteiger partial charge < -0.3 is 0 Å². The predicted octanol–water partition coefficient (Wildman–Crippen LogP) is 3.50. The maximum absolute atomic E-state index is 2.43. The van der Waals surface area contributed by atoms with Gasteiger partial charge in [-0.05, 0) is 23.7 Å². The van der Waals surface area contributed by atoms with Crippen LogP contribution in [-0.2, 0) is 0 Å². The van der Waals surface area contributed by atoms with Gasteiger partial charge in [-0.2, -0.15) is 0 Å². The van der Waals surface area contributed by atoms with E-state index < -0.39 is 6.89 Å². The molecule has 0 nitrogen and oxygen atoms in total. The zero-order valence-electron chi connectivity index (χ0n) is 10.5. The van der Waals surface area contributed by atoms with Gasteiger partial charge >= 0.3 is 0 Å². The lowest BCUT2D eigenvalue weighted by molar-refractivity contribution is 1.50. The molecule has 0 aromatic heterocycles. The zero-order chi connectivity index (χ0) is 12.1. The zero-order valence-corrected chi connectivity index (χ0v) is 11.4. The number of rotatable bonds is 3. The van der Waals surface area contributed by atoms with Crippen LogP contribution in [0.1, 0.15) is 13.8 Å². The summed E-state index contributed by atoms with van der Waals surface area (Å²) in [5.74, 6) is 2.43. The predicted molar refractivity (Wildman–Crippen MR) is 81.4 cm³/mol. The summed E-state index contributed by atoms with van der Waals surface area (Å²) >= 11 is 0. The Morgan fingerprint density at radius 2 is 1.24 bits per heavy atom. The Hall–Kier alpha value is -1.26. The molecule has 0 aliphatic heterocycles. The van der Waals surface area contributed by atoms with Crippen molar-refractivity contribution in [3.05, 3.63) is 60.7 Å². The van der Waals surface area contributed by atoms with Crippen molar-refractivity contribution in [3.8, 4) is 0 Å². The summed E-state index contributed by atoms with van der Waals surface area (Å²) in [6, 6.07) is 21.8. The summed E-state index contributed by atoms with van der Waals surface area (Å²) in [6.07, 6.45) is 1.19. The van der Waals surface area contributed by atoms with Crippen LogP contribution in [0.4, 0.5) is 0 Å². The highest BCUT2D eigenvalue weighted by Crippen LogP contribution is 2.43. The second-order valence-electron chi connectivity index (χ2n) is 4.11. The van der Waals surface area contributed by atoms with Crippen LogP contribution in [0.3, 0.4) is 0 Å². The molecule has 0 saturated heterocycles. The van der Waals surface area contributed by atoms with Gasteiger partial charge in [0, 0.05) is 0 Å². The van der Waals surface area contributed by atoms with Gasteiger partial charge in [-0.3, -0.25) is 0 Å². The van der Waals surface area contributed by atoms with Gasteiger partial charge in [-0.25, -0.2) is 0 Å². The molecule has 0 amide bonds. The van der Waals surface area contributed by atoms with Crippen LogP contribution in [0.25, 0.3) is 0 Å². The number of benzene rings is 2. The topological polar surface area (TPSA) is 0 Å². The van der Waals surface area contributed by atoms with Crippen LogP contribution in [0.15, 0.2) is 60.7 Å². The summed E-state index contributed by atoms with van der Waals surface area (Å²) in [4.78, 5) is 0. The Kier molecular flexibility index (Phi) is 3.86. The molecule has 0 aliphatic carbocycles. The van der Waals surface area contributed by atoms with Gasteiger partial charge in [0.05, 0.1) is 0 Å². The lowest BCUT2D eigenvalue weighted by Gasteiger charge is -2.25. The molecule has 0 heterocycles. The lowest BCUT2D eigenvalue weighted by Crippen LogP contribution is -2.19. The van der Waals surface area contributed by atoms with Crippen molar-refractivity contribution in [2.45, 2.75) is 13.8 Å². The van der Waals surface area contributed by atoms with Gasteiger partial charge in [0.1, 0.15) is 0 Å². The third-order valence-electron chi connectivity index (χ3n) is 3.37. The molecule has 0 saturated carbocycles. The Bertz CT molecular complexity index is 468. The second-order valence-corrected chi connectivity index (χ2v) is 8.03. The molecular weight excluding hydrogens is 223 g/mol. The van der Waals surface area contributed by atoms with E-state index in [1.54, 1.807) is 0 Å². The largest absolute Gasteiger partial charge is 0.0813 e.